The molecule has 0 saturated carbocycles. The summed E-state index contributed by atoms with van der Waals surface area (Å²) in [5.74, 6) is -0.923. The highest BCUT2D eigenvalue weighted by molar-refractivity contribution is 7.99. The van der Waals surface area contributed by atoms with E-state index in [-0.39, 0.29) is 28.9 Å². The normalized spacial score (nSPS) is 10.4. The Hall–Kier alpha value is -2.03. The fraction of sp³-hybridized carbons (Fsp3) is 0.200. The molecule has 0 saturated heterocycles. The third-order valence-corrected chi connectivity index (χ3v) is 4.40. The van der Waals surface area contributed by atoms with Crippen molar-refractivity contribution in [3.05, 3.63) is 50.4 Å². The van der Waals surface area contributed by atoms with Gasteiger partial charge in [-0.15, -0.1) is 0 Å². The monoisotopic (exact) mass is 401 g/mol. The Balaban J connectivity index is 2.02. The summed E-state index contributed by atoms with van der Waals surface area (Å²) in [6.45, 7) is 0. The lowest BCUT2D eigenvalue weighted by Crippen LogP contribution is -2.17. The molecule has 2 N–H and O–H groups in total. The Morgan fingerprint density at radius 3 is 2.64 bits per heavy atom. The molecule has 0 aliphatic rings. The van der Waals surface area contributed by atoms with Gasteiger partial charge in [-0.05, 0) is 12.1 Å². The van der Waals surface area contributed by atoms with Crippen LogP contribution in [-0.2, 0) is 20.7 Å². The van der Waals surface area contributed by atoms with Gasteiger partial charge in [0, 0.05) is 6.07 Å². The summed E-state index contributed by atoms with van der Waals surface area (Å²) >= 11 is 13.0. The van der Waals surface area contributed by atoms with Crippen LogP contribution in [0.3, 0.4) is 0 Å². The topological polar surface area (TPSA) is 101 Å². The minimum Gasteiger partial charge on any atom is -0.469 e. The van der Waals surface area contributed by atoms with Crippen molar-refractivity contribution in [2.24, 2.45) is 0 Å². The predicted molar refractivity (Wildman–Crippen MR) is 96.4 cm³/mol. The summed E-state index contributed by atoms with van der Waals surface area (Å²) in [5.41, 5.74) is 0.149. The first-order valence-electron chi connectivity index (χ1n) is 6.92. The first-order valence-corrected chi connectivity index (χ1v) is 8.67. The van der Waals surface area contributed by atoms with E-state index in [2.05, 4.69) is 20.0 Å². The maximum atomic E-state index is 12.0. The zero-order chi connectivity index (χ0) is 18.4. The SMILES string of the molecule is COC(=O)Cc1cc(=O)[nH]c(SCC(=O)Nc2c(Cl)cccc2Cl)n1. The number of methoxy groups -OCH3 is 1. The number of hydrogen-bond donors (Lipinski definition) is 2. The molecule has 0 atom stereocenters. The summed E-state index contributed by atoms with van der Waals surface area (Å²) in [6, 6.07) is 6.07. The third kappa shape index (κ3) is 5.77. The standard InChI is InChI=1S/C15H13Cl2N3O4S/c1-24-13(23)6-8-5-11(21)20-15(18-8)25-7-12(22)19-14-9(16)3-2-4-10(14)17/h2-5H,6-7H2,1H3,(H,19,22)(H,18,20,21). The van der Waals surface area contributed by atoms with Crippen LogP contribution in [0, 0.1) is 0 Å². The molecule has 0 unspecified atom stereocenters. The van der Waals surface area contributed by atoms with Crippen molar-refractivity contribution in [2.45, 2.75) is 11.6 Å². The van der Waals surface area contributed by atoms with Crippen molar-refractivity contribution in [1.29, 1.82) is 0 Å². The first-order chi connectivity index (χ1) is 11.9. The average Bonchev–Trinajstić information content (AvgIpc) is 2.56. The van der Waals surface area contributed by atoms with Crippen molar-refractivity contribution < 1.29 is 14.3 Å². The van der Waals surface area contributed by atoms with Crippen LogP contribution >= 0.6 is 35.0 Å². The van der Waals surface area contributed by atoms with E-state index in [1.54, 1.807) is 18.2 Å². The van der Waals surface area contributed by atoms with E-state index in [9.17, 15) is 14.4 Å². The number of nitrogens with zero attached hydrogens (tertiary/aromatic N) is 1. The van der Waals surface area contributed by atoms with Gasteiger partial charge < -0.3 is 15.0 Å². The van der Waals surface area contributed by atoms with Crippen molar-refractivity contribution >= 4 is 52.5 Å². The van der Waals surface area contributed by atoms with E-state index < -0.39 is 11.5 Å². The molecule has 0 aliphatic carbocycles. The number of hydrogen-bond acceptors (Lipinski definition) is 6. The molecule has 0 bridgehead atoms. The quantitative estimate of drug-likeness (QED) is 0.438. The zero-order valence-corrected chi connectivity index (χ0v) is 15.3. The number of para-hydroxylation sites is 1. The number of carbonyl (C=O) groups excluding carboxylic acids is 2. The highest BCUT2D eigenvalue weighted by Gasteiger charge is 2.12. The molecule has 1 aromatic carbocycles. The van der Waals surface area contributed by atoms with E-state index in [0.717, 1.165) is 11.8 Å². The minimum atomic E-state index is -0.514. The second-order valence-corrected chi connectivity index (χ2v) is 6.51. The Kier molecular flexibility index (Phi) is 6.86. The number of benzene rings is 1. The molecule has 25 heavy (non-hydrogen) atoms. The summed E-state index contributed by atoms with van der Waals surface area (Å²) < 4.78 is 4.53. The largest absolute Gasteiger partial charge is 0.469 e. The zero-order valence-electron chi connectivity index (χ0n) is 13.0. The number of aromatic nitrogens is 2. The van der Waals surface area contributed by atoms with E-state index in [4.69, 9.17) is 23.2 Å². The van der Waals surface area contributed by atoms with Crippen molar-refractivity contribution in [3.8, 4) is 0 Å². The Morgan fingerprint density at radius 1 is 1.32 bits per heavy atom. The maximum absolute atomic E-state index is 12.0. The molecule has 10 heteroatoms. The molecule has 2 aromatic rings. The highest BCUT2D eigenvalue weighted by atomic mass is 35.5. The smallest absolute Gasteiger partial charge is 0.311 e. The molecule has 0 fully saturated rings. The van der Waals surface area contributed by atoms with E-state index in [0.29, 0.717) is 15.7 Å². The number of aromatic amines is 1. The highest BCUT2D eigenvalue weighted by Crippen LogP contribution is 2.30. The van der Waals surface area contributed by atoms with Gasteiger partial charge in [-0.1, -0.05) is 41.0 Å². The van der Waals surface area contributed by atoms with Crippen LogP contribution < -0.4 is 10.9 Å². The van der Waals surface area contributed by atoms with Crippen LogP contribution in [0.5, 0.6) is 0 Å². The number of anilines is 1. The summed E-state index contributed by atoms with van der Waals surface area (Å²) in [6.07, 6.45) is -0.130. The second kappa shape index (κ2) is 8.89. The van der Waals surface area contributed by atoms with Crippen LogP contribution in [-0.4, -0.2) is 34.7 Å². The molecule has 7 nitrogen and oxygen atoms in total. The van der Waals surface area contributed by atoms with Crippen LogP contribution in [0.25, 0.3) is 0 Å². The number of H-pyrrole nitrogens is 1. The molecule has 0 radical (unpaired) electrons. The predicted octanol–water partition coefficient (Wildman–Crippen LogP) is 2.52. The lowest BCUT2D eigenvalue weighted by atomic mass is 10.3. The van der Waals surface area contributed by atoms with Gasteiger partial charge in [0.2, 0.25) is 5.91 Å². The van der Waals surface area contributed by atoms with Gasteiger partial charge in [0.05, 0.1) is 40.7 Å². The molecule has 2 rings (SSSR count). The van der Waals surface area contributed by atoms with Gasteiger partial charge in [-0.2, -0.15) is 0 Å². The molecule has 0 spiro atoms. The van der Waals surface area contributed by atoms with Crippen molar-refractivity contribution in [3.63, 3.8) is 0 Å². The number of thioether (sulfide) groups is 1. The Labute approximate surface area is 157 Å². The van der Waals surface area contributed by atoms with Gasteiger partial charge in [-0.25, -0.2) is 4.98 Å². The van der Waals surface area contributed by atoms with E-state index >= 15 is 0 Å². The maximum Gasteiger partial charge on any atom is 0.311 e. The number of nitrogens with one attached hydrogen (secondary N) is 2. The molecule has 1 heterocycles. The van der Waals surface area contributed by atoms with Gasteiger partial charge in [0.1, 0.15) is 0 Å². The number of amides is 1. The lowest BCUT2D eigenvalue weighted by molar-refractivity contribution is -0.139. The number of halogens is 2. The number of ether oxygens (including phenoxy) is 1. The van der Waals surface area contributed by atoms with Crippen LogP contribution in [0.15, 0.2) is 34.2 Å². The third-order valence-electron chi connectivity index (χ3n) is 2.89. The molecule has 0 aliphatic heterocycles. The van der Waals surface area contributed by atoms with Gasteiger partial charge in [-0.3, -0.25) is 14.4 Å². The fourth-order valence-electron chi connectivity index (χ4n) is 1.79. The number of esters is 1. The van der Waals surface area contributed by atoms with E-state index in [1.807, 2.05) is 0 Å². The second-order valence-electron chi connectivity index (χ2n) is 4.73. The van der Waals surface area contributed by atoms with Gasteiger partial charge in [0.15, 0.2) is 5.16 Å². The molecule has 1 aromatic heterocycles. The van der Waals surface area contributed by atoms with Crippen LogP contribution in [0.2, 0.25) is 10.0 Å². The van der Waals surface area contributed by atoms with Crippen LogP contribution in [0.4, 0.5) is 5.69 Å². The summed E-state index contributed by atoms with van der Waals surface area (Å²) in [7, 11) is 1.25. The Morgan fingerprint density at radius 2 is 2.00 bits per heavy atom. The molecular formula is C15H13Cl2N3O4S. The lowest BCUT2D eigenvalue weighted by Gasteiger charge is -2.09. The first kappa shape index (κ1) is 19.3. The van der Waals surface area contributed by atoms with Crippen LogP contribution in [0.1, 0.15) is 5.69 Å². The average molecular weight is 402 g/mol. The number of rotatable bonds is 6. The fourth-order valence-corrected chi connectivity index (χ4v) is 2.98. The summed E-state index contributed by atoms with van der Waals surface area (Å²) in [4.78, 5) is 41.5. The number of carbonyl (C=O) groups is 2. The minimum absolute atomic E-state index is 0.0355. The van der Waals surface area contributed by atoms with Gasteiger partial charge in [0.25, 0.3) is 5.56 Å². The van der Waals surface area contributed by atoms with E-state index in [1.165, 1.54) is 13.2 Å². The molecular weight excluding hydrogens is 389 g/mol. The van der Waals surface area contributed by atoms with Gasteiger partial charge >= 0.3 is 5.97 Å². The van der Waals surface area contributed by atoms with Crippen molar-refractivity contribution in [2.75, 3.05) is 18.2 Å². The van der Waals surface area contributed by atoms with Crippen molar-refractivity contribution in [1.82, 2.24) is 9.97 Å². The Bertz CT molecular complexity index is 837. The summed E-state index contributed by atoms with van der Waals surface area (Å²) in [5, 5.41) is 3.45. The molecule has 132 valence electrons. The molecule has 1 amide bonds.